The van der Waals surface area contributed by atoms with E-state index in [9.17, 15) is 5.11 Å². The first-order chi connectivity index (χ1) is 7.26. The molecule has 0 amide bonds. The van der Waals surface area contributed by atoms with Gasteiger partial charge < -0.3 is 0 Å². The maximum absolute atomic E-state index is 11.4. The zero-order chi connectivity index (χ0) is 11.1. The van der Waals surface area contributed by atoms with E-state index in [1.54, 1.807) is 12.1 Å². The van der Waals surface area contributed by atoms with Gasteiger partial charge in [0.1, 0.15) is 0 Å². The first kappa shape index (κ1) is 12.1. The van der Waals surface area contributed by atoms with Crippen LogP contribution < -0.4 is 0 Å². The van der Waals surface area contributed by atoms with Crippen LogP contribution in [0.4, 0.5) is 0 Å². The number of hydrogen-bond acceptors (Lipinski definition) is 0. The Morgan fingerprint density at radius 1 is 0.867 bits per heavy atom. The lowest BCUT2D eigenvalue weighted by molar-refractivity contribution is 0.354. The fourth-order valence-electron chi connectivity index (χ4n) is 1.78. The summed E-state index contributed by atoms with van der Waals surface area (Å²) in [4.78, 5) is 0. The molecule has 0 unspecified atom stereocenters. The smallest absolute Gasteiger partial charge is 0.179 e. The van der Waals surface area contributed by atoms with E-state index >= 15 is 0 Å². The van der Waals surface area contributed by atoms with Crippen LogP contribution in [0, 0.1) is 0 Å². The van der Waals surface area contributed by atoms with Gasteiger partial charge in [0.2, 0.25) is 0 Å². The lowest BCUT2D eigenvalue weighted by atomic mass is 10.0. The van der Waals surface area contributed by atoms with E-state index in [1.807, 2.05) is 0 Å². The fourth-order valence-corrected chi connectivity index (χ4v) is 1.78. The molecule has 0 saturated heterocycles. The molecule has 0 bridgehead atoms. The highest BCUT2D eigenvalue weighted by Crippen LogP contribution is 2.19. The van der Waals surface area contributed by atoms with Crippen molar-refractivity contribution in [2.45, 2.75) is 52.4 Å². The molecule has 0 aliphatic heterocycles. The maximum Gasteiger partial charge on any atom is 0.179 e. The van der Waals surface area contributed by atoms with Crippen LogP contribution in [-0.4, -0.2) is 0 Å². The molecule has 83 valence electrons. The van der Waals surface area contributed by atoms with Crippen molar-refractivity contribution in [1.82, 2.24) is 0 Å². The van der Waals surface area contributed by atoms with Gasteiger partial charge >= 0.3 is 0 Å². The molecule has 1 heteroatoms. The maximum atomic E-state index is 11.4. The van der Waals surface area contributed by atoms with Gasteiger partial charge in [-0.25, -0.2) is 0 Å². The lowest BCUT2D eigenvalue weighted by Crippen LogP contribution is -1.89. The molecule has 15 heavy (non-hydrogen) atoms. The van der Waals surface area contributed by atoms with Gasteiger partial charge in [0.15, 0.2) is 5.75 Å². The second-order valence-corrected chi connectivity index (χ2v) is 4.19. The number of rotatable bonds is 6. The van der Waals surface area contributed by atoms with Crippen molar-refractivity contribution in [3.8, 4) is 5.75 Å². The van der Waals surface area contributed by atoms with Crippen LogP contribution in [0.5, 0.6) is 5.75 Å². The zero-order valence-electron chi connectivity index (χ0n) is 9.88. The molecule has 0 aliphatic carbocycles. The molecule has 0 aromatic heterocycles. The molecule has 1 aromatic rings. The quantitative estimate of drug-likeness (QED) is 0.651. The molecular weight excluding hydrogens is 184 g/mol. The molecule has 1 aromatic carbocycles. The Hall–Kier alpha value is -0.980. The SMILES string of the molecule is CCCCc1cc([O])cc(CCCC)c1. The summed E-state index contributed by atoms with van der Waals surface area (Å²) in [6, 6.07) is 5.77. The third kappa shape index (κ3) is 4.37. The molecule has 1 nitrogen and oxygen atoms in total. The topological polar surface area (TPSA) is 19.9 Å². The highest BCUT2D eigenvalue weighted by molar-refractivity contribution is 5.33. The minimum atomic E-state index is 0.176. The Balaban J connectivity index is 2.66. The number of unbranched alkanes of at least 4 members (excludes halogenated alkanes) is 2. The average Bonchev–Trinajstić information content (AvgIpc) is 2.23. The van der Waals surface area contributed by atoms with Crippen molar-refractivity contribution in [1.29, 1.82) is 0 Å². The summed E-state index contributed by atoms with van der Waals surface area (Å²) < 4.78 is 0. The van der Waals surface area contributed by atoms with Crippen LogP contribution in [-0.2, 0) is 17.9 Å². The van der Waals surface area contributed by atoms with Crippen molar-refractivity contribution in [2.24, 2.45) is 0 Å². The second kappa shape index (κ2) is 6.49. The average molecular weight is 205 g/mol. The van der Waals surface area contributed by atoms with Crippen molar-refractivity contribution in [3.63, 3.8) is 0 Å². The number of benzene rings is 1. The number of hydrogen-bond donors (Lipinski definition) is 0. The van der Waals surface area contributed by atoms with Crippen LogP contribution in [0.3, 0.4) is 0 Å². The van der Waals surface area contributed by atoms with Gasteiger partial charge in [0.25, 0.3) is 0 Å². The minimum absolute atomic E-state index is 0.176. The largest absolute Gasteiger partial charge is 0.290 e. The van der Waals surface area contributed by atoms with Crippen molar-refractivity contribution >= 4 is 0 Å². The molecule has 0 spiro atoms. The van der Waals surface area contributed by atoms with Gasteiger partial charge in [-0.1, -0.05) is 32.8 Å². The second-order valence-electron chi connectivity index (χ2n) is 4.19. The van der Waals surface area contributed by atoms with E-state index in [0.717, 1.165) is 12.8 Å². The number of aryl methyl sites for hydroxylation is 2. The zero-order valence-corrected chi connectivity index (χ0v) is 9.88. The van der Waals surface area contributed by atoms with E-state index < -0.39 is 0 Å². The summed E-state index contributed by atoms with van der Waals surface area (Å²) in [7, 11) is 0. The van der Waals surface area contributed by atoms with Gasteiger partial charge in [-0.05, 0) is 48.9 Å². The molecular formula is C14H21O. The molecule has 0 saturated carbocycles. The predicted octanol–water partition coefficient (Wildman–Crippen LogP) is 4.52. The van der Waals surface area contributed by atoms with Crippen molar-refractivity contribution < 1.29 is 5.11 Å². The summed E-state index contributed by atoms with van der Waals surface area (Å²) >= 11 is 0. The first-order valence-electron chi connectivity index (χ1n) is 6.06. The summed E-state index contributed by atoms with van der Waals surface area (Å²) in [5.41, 5.74) is 2.44. The normalized spacial score (nSPS) is 10.5. The minimum Gasteiger partial charge on any atom is -0.290 e. The standard InChI is InChI=1S/C14H21O/c1-3-5-7-12-9-13(8-6-4-2)11-14(15)10-12/h9-11H,3-8H2,1-2H3. The Bertz CT molecular complexity index is 265. The molecule has 0 aliphatic rings. The van der Waals surface area contributed by atoms with Crippen LogP contribution in [0.25, 0.3) is 0 Å². The Labute approximate surface area is 93.1 Å². The van der Waals surface area contributed by atoms with Crippen LogP contribution in [0.1, 0.15) is 50.7 Å². The third-order valence-electron chi connectivity index (χ3n) is 2.66. The fraction of sp³-hybridized carbons (Fsp3) is 0.571. The lowest BCUT2D eigenvalue weighted by Gasteiger charge is -2.05. The molecule has 0 fully saturated rings. The van der Waals surface area contributed by atoms with Gasteiger partial charge in [0, 0.05) is 0 Å². The molecule has 0 atom stereocenters. The van der Waals surface area contributed by atoms with E-state index in [1.165, 1.54) is 36.8 Å². The monoisotopic (exact) mass is 205 g/mol. The van der Waals surface area contributed by atoms with Crippen LogP contribution >= 0.6 is 0 Å². The highest BCUT2D eigenvalue weighted by atomic mass is 16.3. The molecule has 1 radical (unpaired) electrons. The van der Waals surface area contributed by atoms with Gasteiger partial charge in [-0.15, -0.1) is 0 Å². The van der Waals surface area contributed by atoms with Crippen molar-refractivity contribution in [3.05, 3.63) is 29.3 Å². The Morgan fingerprint density at radius 2 is 1.33 bits per heavy atom. The van der Waals surface area contributed by atoms with E-state index in [2.05, 4.69) is 19.9 Å². The molecule has 0 N–H and O–H groups in total. The van der Waals surface area contributed by atoms with E-state index in [-0.39, 0.29) is 5.75 Å². The summed E-state index contributed by atoms with van der Waals surface area (Å²) in [5, 5.41) is 11.4. The van der Waals surface area contributed by atoms with Gasteiger partial charge in [0.05, 0.1) is 0 Å². The Kier molecular flexibility index (Phi) is 5.23. The third-order valence-corrected chi connectivity index (χ3v) is 2.66. The van der Waals surface area contributed by atoms with Crippen LogP contribution in [0.2, 0.25) is 0 Å². The summed E-state index contributed by atoms with van der Waals surface area (Å²) in [5.74, 6) is 0.176. The van der Waals surface area contributed by atoms with E-state index in [0.29, 0.717) is 0 Å². The van der Waals surface area contributed by atoms with Crippen molar-refractivity contribution in [2.75, 3.05) is 0 Å². The summed E-state index contributed by atoms with van der Waals surface area (Å²) in [6.45, 7) is 4.36. The highest BCUT2D eigenvalue weighted by Gasteiger charge is 2.01. The van der Waals surface area contributed by atoms with Crippen LogP contribution in [0.15, 0.2) is 18.2 Å². The van der Waals surface area contributed by atoms with Gasteiger partial charge in [-0.3, -0.25) is 5.11 Å². The predicted molar refractivity (Wildman–Crippen MR) is 63.8 cm³/mol. The summed E-state index contributed by atoms with van der Waals surface area (Å²) in [6.07, 6.45) is 6.82. The first-order valence-corrected chi connectivity index (χ1v) is 6.06. The van der Waals surface area contributed by atoms with E-state index in [4.69, 9.17) is 0 Å². The Morgan fingerprint density at radius 3 is 1.73 bits per heavy atom. The molecule has 0 heterocycles. The van der Waals surface area contributed by atoms with Gasteiger partial charge in [-0.2, -0.15) is 0 Å². The molecule has 1 rings (SSSR count).